The van der Waals surface area contributed by atoms with Crippen molar-refractivity contribution in [1.29, 1.82) is 0 Å². The Bertz CT molecular complexity index is 508. The first-order valence-electron chi connectivity index (χ1n) is 5.52. The van der Waals surface area contributed by atoms with E-state index in [0.717, 1.165) is 35.5 Å². The molecule has 17 heavy (non-hydrogen) atoms. The van der Waals surface area contributed by atoms with Gasteiger partial charge >= 0.3 is 0 Å². The normalized spacial score (nSPS) is 10.4. The Kier molecular flexibility index (Phi) is 3.54. The van der Waals surface area contributed by atoms with E-state index in [-0.39, 0.29) is 0 Å². The summed E-state index contributed by atoms with van der Waals surface area (Å²) < 4.78 is 0. The quantitative estimate of drug-likeness (QED) is 0.509. The maximum atomic E-state index is 10.1. The third-order valence-corrected chi connectivity index (χ3v) is 2.43. The second-order valence-electron chi connectivity index (χ2n) is 3.79. The lowest BCUT2D eigenvalue weighted by Gasteiger charge is -2.05. The minimum absolute atomic E-state index is 0.664. The highest BCUT2D eigenvalue weighted by Gasteiger charge is 2.04. The van der Waals surface area contributed by atoms with Crippen LogP contribution in [0.25, 0.3) is 11.0 Å². The van der Waals surface area contributed by atoms with Gasteiger partial charge in [-0.25, -0.2) is 9.97 Å². The molecule has 0 saturated carbocycles. The molecule has 0 aliphatic heterocycles. The van der Waals surface area contributed by atoms with E-state index in [4.69, 9.17) is 0 Å². The highest BCUT2D eigenvalue weighted by molar-refractivity contribution is 5.87. The summed E-state index contributed by atoms with van der Waals surface area (Å²) in [6.07, 6.45) is 3.09. The van der Waals surface area contributed by atoms with Crippen molar-refractivity contribution in [2.75, 3.05) is 18.4 Å². The van der Waals surface area contributed by atoms with Crippen molar-refractivity contribution in [1.82, 2.24) is 20.3 Å². The molecule has 0 unspecified atom stereocenters. The fourth-order valence-electron chi connectivity index (χ4n) is 1.67. The van der Waals surface area contributed by atoms with Gasteiger partial charge in [-0.2, -0.15) is 0 Å². The van der Waals surface area contributed by atoms with Crippen LogP contribution in [0.3, 0.4) is 0 Å². The Hall–Kier alpha value is -2.11. The van der Waals surface area contributed by atoms with Gasteiger partial charge in [0.05, 0.1) is 5.39 Å². The molecule has 0 fully saturated rings. The molecule has 1 amide bonds. The summed E-state index contributed by atoms with van der Waals surface area (Å²) in [5.41, 5.74) is 1.90. The minimum Gasteiger partial charge on any atom is -0.369 e. The van der Waals surface area contributed by atoms with Gasteiger partial charge < -0.3 is 15.6 Å². The van der Waals surface area contributed by atoms with E-state index < -0.39 is 0 Å². The minimum atomic E-state index is 0.664. The number of aromatic amines is 1. The molecule has 0 bridgehead atoms. The number of rotatable bonds is 6. The van der Waals surface area contributed by atoms with E-state index in [1.807, 2.05) is 13.0 Å². The van der Waals surface area contributed by atoms with Crippen molar-refractivity contribution >= 4 is 23.3 Å². The number of amides is 1. The molecule has 0 aliphatic rings. The Morgan fingerprint density at radius 2 is 2.29 bits per heavy atom. The van der Waals surface area contributed by atoms with Crippen LogP contribution in [0, 0.1) is 6.92 Å². The van der Waals surface area contributed by atoms with Gasteiger partial charge in [0, 0.05) is 18.8 Å². The summed E-state index contributed by atoms with van der Waals surface area (Å²) in [6, 6.07) is 2.02. The van der Waals surface area contributed by atoms with Gasteiger partial charge in [0.15, 0.2) is 0 Å². The van der Waals surface area contributed by atoms with Crippen LogP contribution in [0.5, 0.6) is 0 Å². The maximum absolute atomic E-state index is 10.1. The fourth-order valence-corrected chi connectivity index (χ4v) is 1.67. The Morgan fingerprint density at radius 3 is 3.12 bits per heavy atom. The van der Waals surface area contributed by atoms with E-state index in [1.54, 1.807) is 0 Å². The molecule has 3 N–H and O–H groups in total. The van der Waals surface area contributed by atoms with Crippen molar-refractivity contribution in [3.8, 4) is 0 Å². The van der Waals surface area contributed by atoms with Crippen molar-refractivity contribution < 1.29 is 4.79 Å². The Balaban J connectivity index is 2.00. The number of carbonyl (C=O) groups is 1. The highest BCUT2D eigenvalue weighted by Crippen LogP contribution is 2.19. The lowest BCUT2D eigenvalue weighted by atomic mass is 10.3. The molecule has 6 nitrogen and oxygen atoms in total. The van der Waals surface area contributed by atoms with Crippen LogP contribution >= 0.6 is 0 Å². The number of fused-ring (bicyclic) bond motifs is 1. The molecule has 2 heterocycles. The monoisotopic (exact) mass is 233 g/mol. The summed E-state index contributed by atoms with van der Waals surface area (Å²) in [5, 5.41) is 6.84. The van der Waals surface area contributed by atoms with Gasteiger partial charge in [-0.15, -0.1) is 0 Å². The van der Waals surface area contributed by atoms with Crippen molar-refractivity contribution in [3.63, 3.8) is 0 Å². The first-order valence-corrected chi connectivity index (χ1v) is 5.52. The van der Waals surface area contributed by atoms with Gasteiger partial charge in [0.1, 0.15) is 17.8 Å². The summed E-state index contributed by atoms with van der Waals surface area (Å²) in [7, 11) is 0. The molecule has 2 rings (SSSR count). The van der Waals surface area contributed by atoms with Crippen LogP contribution in [-0.4, -0.2) is 34.5 Å². The topological polar surface area (TPSA) is 82.7 Å². The third kappa shape index (κ3) is 2.72. The summed E-state index contributed by atoms with van der Waals surface area (Å²) in [5.74, 6) is 0.824. The largest absolute Gasteiger partial charge is 0.369 e. The molecule has 0 spiro atoms. The average molecular weight is 233 g/mol. The van der Waals surface area contributed by atoms with E-state index >= 15 is 0 Å². The zero-order chi connectivity index (χ0) is 12.1. The van der Waals surface area contributed by atoms with Crippen LogP contribution in [0.4, 0.5) is 5.82 Å². The molecule has 0 saturated heterocycles. The number of nitrogens with zero attached hydrogens (tertiary/aromatic N) is 2. The molecule has 2 aromatic heterocycles. The van der Waals surface area contributed by atoms with Crippen LogP contribution in [0.2, 0.25) is 0 Å². The summed E-state index contributed by atoms with van der Waals surface area (Å²) >= 11 is 0. The number of hydrogen-bond acceptors (Lipinski definition) is 4. The van der Waals surface area contributed by atoms with E-state index in [9.17, 15) is 4.79 Å². The summed E-state index contributed by atoms with van der Waals surface area (Å²) in [6.45, 7) is 3.41. The number of anilines is 1. The predicted octanol–water partition coefficient (Wildman–Crippen LogP) is 0.814. The third-order valence-electron chi connectivity index (χ3n) is 2.43. The molecule has 0 radical (unpaired) electrons. The Morgan fingerprint density at radius 1 is 1.41 bits per heavy atom. The highest BCUT2D eigenvalue weighted by atomic mass is 16.1. The van der Waals surface area contributed by atoms with Crippen molar-refractivity contribution in [2.45, 2.75) is 13.3 Å². The van der Waals surface area contributed by atoms with Crippen molar-refractivity contribution in [2.24, 2.45) is 0 Å². The first-order chi connectivity index (χ1) is 8.31. The number of nitrogens with one attached hydrogen (secondary N) is 3. The van der Waals surface area contributed by atoms with Crippen LogP contribution in [0.15, 0.2) is 12.4 Å². The molecule has 90 valence electrons. The smallest absolute Gasteiger partial charge is 0.207 e. The zero-order valence-electron chi connectivity index (χ0n) is 9.66. The van der Waals surface area contributed by atoms with Crippen LogP contribution in [-0.2, 0) is 4.79 Å². The molecular weight excluding hydrogens is 218 g/mol. The molecule has 0 atom stereocenters. The summed E-state index contributed by atoms with van der Waals surface area (Å²) in [4.78, 5) is 21.6. The van der Waals surface area contributed by atoms with Crippen LogP contribution < -0.4 is 10.6 Å². The molecule has 2 aromatic rings. The average Bonchev–Trinajstić information content (AvgIpc) is 2.70. The number of hydrogen-bond donors (Lipinski definition) is 3. The van der Waals surface area contributed by atoms with Gasteiger partial charge in [0.2, 0.25) is 6.41 Å². The first kappa shape index (κ1) is 11.4. The second kappa shape index (κ2) is 5.29. The fraction of sp³-hybridized carbons (Fsp3) is 0.364. The van der Waals surface area contributed by atoms with Gasteiger partial charge in [0.25, 0.3) is 0 Å². The SMILES string of the molecule is Cc1cc2c(NCCCNC=O)ncnc2[nH]1. The maximum Gasteiger partial charge on any atom is 0.207 e. The van der Waals surface area contributed by atoms with Gasteiger partial charge in [-0.05, 0) is 19.4 Å². The molecular formula is C11H15N5O. The van der Waals surface area contributed by atoms with E-state index in [1.165, 1.54) is 6.33 Å². The van der Waals surface area contributed by atoms with E-state index in [0.29, 0.717) is 13.0 Å². The zero-order valence-corrected chi connectivity index (χ0v) is 9.66. The predicted molar refractivity (Wildman–Crippen MR) is 65.8 cm³/mol. The van der Waals surface area contributed by atoms with Gasteiger partial charge in [-0.1, -0.05) is 0 Å². The number of aryl methyl sites for hydroxylation is 1. The van der Waals surface area contributed by atoms with Crippen LogP contribution in [0.1, 0.15) is 12.1 Å². The second-order valence-corrected chi connectivity index (χ2v) is 3.79. The molecule has 0 aliphatic carbocycles. The molecule has 0 aromatic carbocycles. The van der Waals surface area contributed by atoms with Gasteiger partial charge in [-0.3, -0.25) is 4.79 Å². The number of aromatic nitrogens is 3. The Labute approximate surface area is 98.8 Å². The lowest BCUT2D eigenvalue weighted by Crippen LogP contribution is -2.16. The number of carbonyl (C=O) groups excluding carboxylic acids is 1. The number of H-pyrrole nitrogens is 1. The van der Waals surface area contributed by atoms with Crippen molar-refractivity contribution in [3.05, 3.63) is 18.1 Å². The van der Waals surface area contributed by atoms with E-state index in [2.05, 4.69) is 25.6 Å². The lowest BCUT2D eigenvalue weighted by molar-refractivity contribution is -0.109. The standard InChI is InChI=1S/C11H15N5O/c1-8-5-9-10(13-4-2-3-12-7-17)14-6-15-11(9)16-8/h5-7H,2-4H2,1H3,(H,12,17)(H2,13,14,15,16). The molecule has 6 heteroatoms.